The number of fused-ring (bicyclic) bond motifs is 2. The normalized spacial score (nSPS) is 48.8. The average Bonchev–Trinajstić information content (AvgIpc) is 3.02. The van der Waals surface area contributed by atoms with Gasteiger partial charge in [0.25, 0.3) is 0 Å². The molecule has 0 aromatic carbocycles. The Morgan fingerprint density at radius 2 is 1.80 bits per heavy atom. The van der Waals surface area contributed by atoms with E-state index in [1.54, 1.807) is 0 Å². The Morgan fingerprint density at radius 3 is 2.55 bits per heavy atom. The number of nitrogens with two attached hydrogens (primary N) is 1. The van der Waals surface area contributed by atoms with Gasteiger partial charge in [0.1, 0.15) is 18.2 Å². The molecule has 0 spiro atoms. The van der Waals surface area contributed by atoms with Crippen LogP contribution < -0.4 is 5.73 Å². The molecule has 112 valence electrons. The van der Waals surface area contributed by atoms with E-state index < -0.39 is 5.60 Å². The second-order valence-corrected chi connectivity index (χ2v) is 6.85. The summed E-state index contributed by atoms with van der Waals surface area (Å²) in [6.45, 7) is 0.385. The van der Waals surface area contributed by atoms with Gasteiger partial charge in [0.15, 0.2) is 0 Å². The highest BCUT2D eigenvalue weighted by atomic mass is 16.7. The Hall–Kier alpha value is -0.650. The van der Waals surface area contributed by atoms with Gasteiger partial charge in [-0.2, -0.15) is 0 Å². The topological polar surface area (TPSA) is 77.1 Å². The zero-order valence-corrected chi connectivity index (χ0v) is 11.8. The molecule has 0 amide bonds. The second kappa shape index (κ2) is 4.68. The van der Waals surface area contributed by atoms with Crippen LogP contribution in [0.3, 0.4) is 0 Å². The first kappa shape index (κ1) is 13.0. The van der Waals surface area contributed by atoms with Crippen molar-refractivity contribution in [1.29, 1.82) is 0 Å². The SMILES string of the molecule is NC1=NC2CC3OCOC3CC2C1(O)C1CCCCC1. The van der Waals surface area contributed by atoms with Gasteiger partial charge in [0.2, 0.25) is 0 Å². The lowest BCUT2D eigenvalue weighted by Crippen LogP contribution is -2.56. The van der Waals surface area contributed by atoms with Gasteiger partial charge in [-0.3, -0.25) is 4.99 Å². The lowest BCUT2D eigenvalue weighted by Gasteiger charge is -2.43. The summed E-state index contributed by atoms with van der Waals surface area (Å²) < 4.78 is 11.3. The van der Waals surface area contributed by atoms with E-state index in [4.69, 9.17) is 15.2 Å². The maximum absolute atomic E-state index is 11.3. The minimum atomic E-state index is -0.901. The molecule has 2 heterocycles. The number of hydrogen-bond donors (Lipinski definition) is 2. The van der Waals surface area contributed by atoms with Crippen LogP contribution in [0.5, 0.6) is 0 Å². The predicted molar refractivity (Wildman–Crippen MR) is 74.3 cm³/mol. The molecule has 4 rings (SSSR count). The summed E-state index contributed by atoms with van der Waals surface area (Å²) in [6, 6.07) is 0.116. The van der Waals surface area contributed by atoms with Gasteiger partial charge in [-0.15, -0.1) is 0 Å². The van der Waals surface area contributed by atoms with Crippen LogP contribution >= 0.6 is 0 Å². The van der Waals surface area contributed by atoms with Crippen LogP contribution in [0.15, 0.2) is 4.99 Å². The molecule has 2 aliphatic heterocycles. The number of rotatable bonds is 1. The van der Waals surface area contributed by atoms with Gasteiger partial charge in [-0.1, -0.05) is 19.3 Å². The summed E-state index contributed by atoms with van der Waals surface area (Å²) in [7, 11) is 0. The monoisotopic (exact) mass is 280 g/mol. The molecular weight excluding hydrogens is 256 g/mol. The van der Waals surface area contributed by atoms with E-state index >= 15 is 0 Å². The fourth-order valence-electron chi connectivity index (χ4n) is 4.82. The van der Waals surface area contributed by atoms with Crippen LogP contribution in [-0.4, -0.2) is 41.6 Å². The molecule has 2 saturated carbocycles. The highest BCUT2D eigenvalue weighted by Crippen LogP contribution is 2.49. The number of nitrogens with zero attached hydrogens (tertiary/aromatic N) is 1. The van der Waals surface area contributed by atoms with Crippen molar-refractivity contribution < 1.29 is 14.6 Å². The van der Waals surface area contributed by atoms with Gasteiger partial charge in [-0.05, 0) is 31.6 Å². The molecule has 0 bridgehead atoms. The minimum absolute atomic E-state index is 0.116. The van der Waals surface area contributed by atoms with Gasteiger partial charge in [0, 0.05) is 5.92 Å². The van der Waals surface area contributed by atoms with E-state index in [-0.39, 0.29) is 30.1 Å². The van der Waals surface area contributed by atoms with Crippen molar-refractivity contribution >= 4 is 5.84 Å². The molecule has 4 aliphatic rings. The van der Waals surface area contributed by atoms with E-state index in [9.17, 15) is 5.11 Å². The zero-order chi connectivity index (χ0) is 13.7. The van der Waals surface area contributed by atoms with Crippen molar-refractivity contribution in [3.8, 4) is 0 Å². The van der Waals surface area contributed by atoms with Gasteiger partial charge < -0.3 is 20.3 Å². The minimum Gasteiger partial charge on any atom is -0.385 e. The molecule has 2 aliphatic carbocycles. The Labute approximate surface area is 119 Å². The molecule has 5 heteroatoms. The quantitative estimate of drug-likeness (QED) is 0.756. The highest BCUT2D eigenvalue weighted by Gasteiger charge is 2.58. The van der Waals surface area contributed by atoms with Gasteiger partial charge in [-0.25, -0.2) is 0 Å². The van der Waals surface area contributed by atoms with Crippen molar-refractivity contribution in [2.24, 2.45) is 22.6 Å². The number of hydrogen-bond acceptors (Lipinski definition) is 5. The molecule has 0 aromatic heterocycles. The first-order chi connectivity index (χ1) is 9.69. The fraction of sp³-hybridized carbons (Fsp3) is 0.933. The summed E-state index contributed by atoms with van der Waals surface area (Å²) in [5.41, 5.74) is 5.27. The van der Waals surface area contributed by atoms with Crippen LogP contribution in [0.1, 0.15) is 44.9 Å². The Kier molecular flexibility index (Phi) is 3.05. The smallest absolute Gasteiger partial charge is 0.147 e. The summed E-state index contributed by atoms with van der Waals surface area (Å²) in [4.78, 5) is 4.61. The number of aliphatic hydroxyl groups is 1. The standard InChI is InChI=1S/C15H24N2O3/c16-14-15(18,9-4-2-1-3-5-9)10-6-12-13(20-8-19-12)7-11(10)17-14/h9-13,18H,1-8H2,(H2,16,17). The maximum atomic E-state index is 11.3. The van der Waals surface area contributed by atoms with Crippen molar-refractivity contribution in [3.63, 3.8) is 0 Å². The molecule has 5 atom stereocenters. The summed E-state index contributed by atoms with van der Waals surface area (Å²) in [6.07, 6.45) is 7.74. The van der Waals surface area contributed by atoms with E-state index in [1.165, 1.54) is 19.3 Å². The van der Waals surface area contributed by atoms with Crippen molar-refractivity contribution in [2.45, 2.75) is 68.8 Å². The zero-order valence-electron chi connectivity index (χ0n) is 11.8. The number of amidine groups is 1. The first-order valence-electron chi connectivity index (χ1n) is 7.99. The third kappa shape index (κ3) is 1.76. The van der Waals surface area contributed by atoms with Crippen molar-refractivity contribution in [2.75, 3.05) is 6.79 Å². The van der Waals surface area contributed by atoms with Gasteiger partial charge >= 0.3 is 0 Å². The maximum Gasteiger partial charge on any atom is 0.147 e. The van der Waals surface area contributed by atoms with Crippen LogP contribution in [0.2, 0.25) is 0 Å². The second-order valence-electron chi connectivity index (χ2n) is 6.85. The fourth-order valence-corrected chi connectivity index (χ4v) is 4.82. The van der Waals surface area contributed by atoms with Crippen molar-refractivity contribution in [3.05, 3.63) is 0 Å². The Balaban J connectivity index is 1.61. The van der Waals surface area contributed by atoms with Crippen LogP contribution in [0.25, 0.3) is 0 Å². The molecular formula is C15H24N2O3. The van der Waals surface area contributed by atoms with E-state index in [2.05, 4.69) is 4.99 Å². The number of ether oxygens (including phenoxy) is 2. The average molecular weight is 280 g/mol. The molecule has 5 unspecified atom stereocenters. The lowest BCUT2D eigenvalue weighted by molar-refractivity contribution is -0.0559. The largest absolute Gasteiger partial charge is 0.385 e. The first-order valence-corrected chi connectivity index (χ1v) is 7.99. The summed E-state index contributed by atoms with van der Waals surface area (Å²) >= 11 is 0. The molecule has 0 aromatic rings. The third-order valence-electron chi connectivity index (χ3n) is 5.91. The molecule has 3 fully saturated rings. The lowest BCUT2D eigenvalue weighted by atomic mass is 9.65. The summed E-state index contributed by atoms with van der Waals surface area (Å²) in [5, 5.41) is 11.3. The summed E-state index contributed by atoms with van der Waals surface area (Å²) in [5.74, 6) is 0.863. The Bertz CT molecular complexity index is 421. The third-order valence-corrected chi connectivity index (χ3v) is 5.91. The van der Waals surface area contributed by atoms with Gasteiger partial charge in [0.05, 0.1) is 18.2 Å². The molecule has 5 nitrogen and oxygen atoms in total. The molecule has 3 N–H and O–H groups in total. The number of aliphatic imine (C=N–C) groups is 1. The van der Waals surface area contributed by atoms with Crippen LogP contribution in [0.4, 0.5) is 0 Å². The molecule has 0 radical (unpaired) electrons. The van der Waals surface area contributed by atoms with Crippen LogP contribution in [0, 0.1) is 11.8 Å². The predicted octanol–water partition coefficient (Wildman–Crippen LogP) is 1.19. The highest BCUT2D eigenvalue weighted by molar-refractivity contribution is 5.91. The van der Waals surface area contributed by atoms with E-state index in [0.717, 1.165) is 25.7 Å². The van der Waals surface area contributed by atoms with Crippen molar-refractivity contribution in [1.82, 2.24) is 0 Å². The molecule has 20 heavy (non-hydrogen) atoms. The molecule has 1 saturated heterocycles. The van der Waals surface area contributed by atoms with Crippen LogP contribution in [-0.2, 0) is 9.47 Å². The van der Waals surface area contributed by atoms with E-state index in [1.807, 2.05) is 0 Å². The van der Waals surface area contributed by atoms with E-state index in [0.29, 0.717) is 12.6 Å². The Morgan fingerprint density at radius 1 is 1.10 bits per heavy atom.